The van der Waals surface area contributed by atoms with Crippen LogP contribution in [0.15, 0.2) is 58.3 Å². The molecule has 6 heteroatoms. The summed E-state index contributed by atoms with van der Waals surface area (Å²) in [6, 6.07) is 7.99. The second-order valence-corrected chi connectivity index (χ2v) is 6.33. The monoisotopic (exact) mass is 340 g/mol. The van der Waals surface area contributed by atoms with Gasteiger partial charge in [-0.25, -0.2) is 4.79 Å². The molecule has 0 bridgehead atoms. The summed E-state index contributed by atoms with van der Waals surface area (Å²) in [6.45, 7) is 1.63. The molecule has 6 nitrogen and oxygen atoms in total. The Balaban J connectivity index is 2.12. The first-order valence-corrected chi connectivity index (χ1v) is 8.25. The molecule has 1 heterocycles. The van der Waals surface area contributed by atoms with E-state index in [4.69, 9.17) is 0 Å². The molecule has 25 heavy (non-hydrogen) atoms. The summed E-state index contributed by atoms with van der Waals surface area (Å²) in [5.74, 6) is -0.570. The van der Waals surface area contributed by atoms with Gasteiger partial charge in [0.05, 0.1) is 6.04 Å². The van der Waals surface area contributed by atoms with Crippen molar-refractivity contribution in [2.24, 2.45) is 5.92 Å². The molecule has 0 aliphatic heterocycles. The first-order valence-electron chi connectivity index (χ1n) is 8.25. The lowest BCUT2D eigenvalue weighted by Crippen LogP contribution is -2.45. The lowest BCUT2D eigenvalue weighted by atomic mass is 9.91. The van der Waals surface area contributed by atoms with Crippen LogP contribution < -0.4 is 11.2 Å². The number of nitrogens with zero attached hydrogens (tertiary/aromatic N) is 2. The van der Waals surface area contributed by atoms with Crippen molar-refractivity contribution >= 4 is 5.91 Å². The van der Waals surface area contributed by atoms with Gasteiger partial charge in [-0.3, -0.25) is 14.2 Å². The number of aromatic nitrogens is 2. The van der Waals surface area contributed by atoms with Crippen molar-refractivity contribution in [1.29, 1.82) is 0 Å². The molecule has 1 aromatic carbocycles. The molecule has 1 aromatic heterocycles. The van der Waals surface area contributed by atoms with Gasteiger partial charge in [0.15, 0.2) is 0 Å². The summed E-state index contributed by atoms with van der Waals surface area (Å²) in [6.07, 6.45) is 6.64. The van der Waals surface area contributed by atoms with Crippen LogP contribution in [-0.4, -0.2) is 26.8 Å². The highest BCUT2D eigenvalue weighted by Gasteiger charge is 2.23. The number of carbonyl (C=O) groups is 1. The SMILES string of the molecule is Cc1cn([C@@H]2C=CC[C@H](CO)C2)c(=O)n(C(=O)c2ccccc2)c1=O. The van der Waals surface area contributed by atoms with Crippen molar-refractivity contribution in [3.63, 3.8) is 0 Å². The molecule has 0 spiro atoms. The molecule has 1 N–H and O–H groups in total. The molecular formula is C19H20N2O4. The highest BCUT2D eigenvalue weighted by molar-refractivity contribution is 5.95. The van der Waals surface area contributed by atoms with Gasteiger partial charge in [-0.15, -0.1) is 0 Å². The summed E-state index contributed by atoms with van der Waals surface area (Å²) < 4.78 is 2.11. The van der Waals surface area contributed by atoms with E-state index in [0.717, 1.165) is 6.42 Å². The molecule has 2 aromatic rings. The summed E-state index contributed by atoms with van der Waals surface area (Å²) in [5, 5.41) is 9.38. The van der Waals surface area contributed by atoms with Crippen LogP contribution in [0.1, 0.15) is 34.8 Å². The minimum atomic E-state index is -0.655. The number of hydrogen-bond acceptors (Lipinski definition) is 4. The maximum absolute atomic E-state index is 12.9. The van der Waals surface area contributed by atoms with Crippen molar-refractivity contribution in [1.82, 2.24) is 9.13 Å². The van der Waals surface area contributed by atoms with Gasteiger partial charge >= 0.3 is 5.69 Å². The van der Waals surface area contributed by atoms with Gasteiger partial charge in [-0.1, -0.05) is 30.4 Å². The number of rotatable bonds is 3. The Morgan fingerprint density at radius 1 is 1.24 bits per heavy atom. The minimum absolute atomic E-state index is 0.0388. The second-order valence-electron chi connectivity index (χ2n) is 6.33. The van der Waals surface area contributed by atoms with Crippen LogP contribution >= 0.6 is 0 Å². The molecule has 0 radical (unpaired) electrons. The van der Waals surface area contributed by atoms with Gasteiger partial charge in [0, 0.05) is 23.9 Å². The first kappa shape index (κ1) is 17.1. The molecular weight excluding hydrogens is 320 g/mol. The van der Waals surface area contributed by atoms with Crippen LogP contribution in [0.5, 0.6) is 0 Å². The van der Waals surface area contributed by atoms with E-state index in [1.807, 2.05) is 12.2 Å². The molecule has 0 saturated carbocycles. The summed E-state index contributed by atoms with van der Waals surface area (Å²) in [7, 11) is 0. The third kappa shape index (κ3) is 3.25. The quantitative estimate of drug-likeness (QED) is 0.859. The van der Waals surface area contributed by atoms with Crippen molar-refractivity contribution in [3.05, 3.63) is 80.6 Å². The smallest absolute Gasteiger partial charge is 0.338 e. The number of aliphatic hydroxyl groups excluding tert-OH is 1. The van der Waals surface area contributed by atoms with Crippen LogP contribution in [0.25, 0.3) is 0 Å². The zero-order chi connectivity index (χ0) is 18.0. The number of allylic oxidation sites excluding steroid dienone is 2. The Morgan fingerprint density at radius 2 is 1.96 bits per heavy atom. The standard InChI is InChI=1S/C19H20N2O4/c1-13-11-20(16-9-5-6-14(10-16)12-22)19(25)21(17(13)23)18(24)15-7-3-2-4-8-15/h2-5,7-9,11,14,16,22H,6,10,12H2,1H3/t14-,16+/m0/s1. The van der Waals surface area contributed by atoms with Crippen molar-refractivity contribution < 1.29 is 9.90 Å². The largest absolute Gasteiger partial charge is 0.396 e. The number of carbonyl (C=O) groups excluding carboxylic acids is 1. The Morgan fingerprint density at radius 3 is 2.64 bits per heavy atom. The van der Waals surface area contributed by atoms with E-state index < -0.39 is 17.2 Å². The molecule has 130 valence electrons. The average Bonchev–Trinajstić information content (AvgIpc) is 2.65. The van der Waals surface area contributed by atoms with E-state index in [1.165, 1.54) is 10.8 Å². The lowest BCUT2D eigenvalue weighted by molar-refractivity contribution is 0.0947. The third-order valence-corrected chi connectivity index (χ3v) is 4.53. The number of benzene rings is 1. The Hall–Kier alpha value is -2.73. The summed E-state index contributed by atoms with van der Waals surface area (Å²) >= 11 is 0. The average molecular weight is 340 g/mol. The highest BCUT2D eigenvalue weighted by Crippen LogP contribution is 2.25. The van der Waals surface area contributed by atoms with E-state index in [2.05, 4.69) is 0 Å². The van der Waals surface area contributed by atoms with Gasteiger partial charge in [-0.05, 0) is 37.8 Å². The fourth-order valence-electron chi connectivity index (χ4n) is 3.12. The molecule has 0 unspecified atom stereocenters. The molecule has 2 atom stereocenters. The van der Waals surface area contributed by atoms with Crippen LogP contribution in [0.3, 0.4) is 0 Å². The van der Waals surface area contributed by atoms with Crippen LogP contribution in [0, 0.1) is 12.8 Å². The van der Waals surface area contributed by atoms with E-state index >= 15 is 0 Å². The second kappa shape index (κ2) is 7.03. The molecule has 0 saturated heterocycles. The van der Waals surface area contributed by atoms with Gasteiger partial charge in [0.25, 0.3) is 11.5 Å². The molecule has 3 rings (SSSR count). The number of aryl methyl sites for hydroxylation is 1. The molecule has 0 amide bonds. The van der Waals surface area contributed by atoms with Gasteiger partial charge in [0.2, 0.25) is 0 Å². The minimum Gasteiger partial charge on any atom is -0.396 e. The van der Waals surface area contributed by atoms with Gasteiger partial charge < -0.3 is 5.11 Å². The van der Waals surface area contributed by atoms with Crippen molar-refractivity contribution in [2.45, 2.75) is 25.8 Å². The Labute approximate surface area is 144 Å². The lowest BCUT2D eigenvalue weighted by Gasteiger charge is -2.25. The Kier molecular flexibility index (Phi) is 4.81. The zero-order valence-electron chi connectivity index (χ0n) is 14.0. The summed E-state index contributed by atoms with van der Waals surface area (Å²) in [5.41, 5.74) is -0.652. The maximum atomic E-state index is 12.9. The van der Waals surface area contributed by atoms with Crippen LogP contribution in [0.2, 0.25) is 0 Å². The maximum Gasteiger partial charge on any atom is 0.338 e. The van der Waals surface area contributed by atoms with Crippen molar-refractivity contribution in [2.75, 3.05) is 6.61 Å². The predicted octanol–water partition coefficient (Wildman–Crippen LogP) is 1.51. The molecule has 1 aliphatic carbocycles. The van der Waals surface area contributed by atoms with E-state index in [1.54, 1.807) is 37.3 Å². The zero-order valence-corrected chi connectivity index (χ0v) is 14.0. The predicted molar refractivity (Wildman–Crippen MR) is 93.9 cm³/mol. The fourth-order valence-corrected chi connectivity index (χ4v) is 3.12. The van der Waals surface area contributed by atoms with E-state index in [-0.39, 0.29) is 24.1 Å². The fraction of sp³-hybridized carbons (Fsp3) is 0.316. The van der Waals surface area contributed by atoms with E-state index in [0.29, 0.717) is 16.6 Å². The van der Waals surface area contributed by atoms with E-state index in [9.17, 15) is 19.5 Å². The summed E-state index contributed by atoms with van der Waals surface area (Å²) in [4.78, 5) is 38.0. The van der Waals surface area contributed by atoms with Gasteiger partial charge in [0.1, 0.15) is 0 Å². The first-order chi connectivity index (χ1) is 12.0. The molecule has 0 fully saturated rings. The van der Waals surface area contributed by atoms with Crippen LogP contribution in [0.4, 0.5) is 0 Å². The van der Waals surface area contributed by atoms with Gasteiger partial charge in [-0.2, -0.15) is 4.57 Å². The Bertz CT molecular complexity index is 925. The number of aliphatic hydroxyl groups is 1. The van der Waals surface area contributed by atoms with Crippen LogP contribution in [-0.2, 0) is 0 Å². The highest BCUT2D eigenvalue weighted by atomic mass is 16.3. The molecule has 1 aliphatic rings. The third-order valence-electron chi connectivity index (χ3n) is 4.53. The normalized spacial score (nSPS) is 19.8. The van der Waals surface area contributed by atoms with Crippen molar-refractivity contribution in [3.8, 4) is 0 Å². The topological polar surface area (TPSA) is 81.3 Å². The number of hydrogen-bond donors (Lipinski definition) is 1.